The largest absolute Gasteiger partial charge is 0.464 e. The van der Waals surface area contributed by atoms with Crippen molar-refractivity contribution in [1.82, 2.24) is 10.2 Å². The highest BCUT2D eigenvalue weighted by atomic mass is 32.1. The normalized spacial score (nSPS) is 18.6. The number of piperazine rings is 1. The minimum absolute atomic E-state index is 0.0419. The van der Waals surface area contributed by atoms with Crippen LogP contribution in [0.1, 0.15) is 68.6 Å². The molecule has 1 atom stereocenters. The Morgan fingerprint density at radius 3 is 2.38 bits per heavy atom. The number of benzene rings is 4. The number of nitrogens with zero attached hydrogens (tertiary/aromatic N) is 5. The summed E-state index contributed by atoms with van der Waals surface area (Å²) < 4.78 is 47.0. The van der Waals surface area contributed by atoms with Crippen molar-refractivity contribution in [2.24, 2.45) is 0 Å². The number of furan rings is 1. The number of imide groups is 1. The van der Waals surface area contributed by atoms with E-state index < -0.39 is 34.7 Å². The third kappa shape index (κ3) is 8.03. The number of rotatable bonds is 10. The molecule has 0 radical (unpaired) electrons. The second-order valence-corrected chi connectivity index (χ2v) is 16.4. The molecule has 8 rings (SSSR count). The number of hydrogen-bond acceptors (Lipinski definition) is 9. The molecule has 0 spiro atoms. The number of nitriles is 1. The molecule has 61 heavy (non-hydrogen) atoms. The molecule has 2 N–H and O–H groups in total. The lowest BCUT2D eigenvalue weighted by molar-refractivity contribution is -0.138. The van der Waals surface area contributed by atoms with Gasteiger partial charge in [-0.25, -0.2) is 0 Å². The molecule has 0 bridgehead atoms. The lowest BCUT2D eigenvalue weighted by Gasteiger charge is -2.36. The monoisotopic (exact) mass is 849 g/mol. The Kier molecular flexibility index (Phi) is 11.1. The first-order chi connectivity index (χ1) is 29.1. The predicted octanol–water partition coefficient (Wildman–Crippen LogP) is 7.84. The standard InChI is InChI=1S/C45H42F3N7O5S/c1-44(2)42(59)54(32-9-6-28(25-49)36(24-32)45(46,47)48)43(61)55(44)31-12-10-30(11-13-31)53-21-19-52(20-22-53)18-4-3-5-38(56)50-29-8-14-33-27(23-29)7-16-37-40(33)35(26-60-37)34-15-17-39(57)51-41(34)58/h6-14,16,23-24,26,34H,3-5,15,17-22H2,1-2H3,(H,50,56)(H,51,57,58)/t34-/m0/s1. The zero-order valence-corrected chi connectivity index (χ0v) is 34.3. The van der Waals surface area contributed by atoms with Crippen molar-refractivity contribution in [2.45, 2.75) is 63.6 Å². The molecule has 12 nitrogen and oxygen atoms in total. The lowest BCUT2D eigenvalue weighted by Crippen LogP contribution is -2.46. The highest BCUT2D eigenvalue weighted by Crippen LogP contribution is 2.41. The van der Waals surface area contributed by atoms with Crippen LogP contribution in [0.15, 0.2) is 83.5 Å². The van der Waals surface area contributed by atoms with Gasteiger partial charge in [0.2, 0.25) is 17.7 Å². The Labute approximate surface area is 354 Å². The number of alkyl halides is 3. The number of unbranched alkanes of at least 4 members (excludes halogenated alkanes) is 1. The first-order valence-electron chi connectivity index (χ1n) is 20.1. The Morgan fingerprint density at radius 1 is 0.951 bits per heavy atom. The van der Waals surface area contributed by atoms with Crippen molar-refractivity contribution in [3.63, 3.8) is 0 Å². The van der Waals surface area contributed by atoms with E-state index >= 15 is 0 Å². The molecular weight excluding hydrogens is 808 g/mol. The lowest BCUT2D eigenvalue weighted by atomic mass is 9.89. The number of halogens is 3. The number of thiocarbonyl (C=S) groups is 1. The number of amides is 4. The summed E-state index contributed by atoms with van der Waals surface area (Å²) >= 11 is 5.69. The van der Waals surface area contributed by atoms with E-state index in [1.807, 2.05) is 54.6 Å². The van der Waals surface area contributed by atoms with Gasteiger partial charge in [-0.1, -0.05) is 12.1 Å². The predicted molar refractivity (Wildman–Crippen MR) is 229 cm³/mol. The summed E-state index contributed by atoms with van der Waals surface area (Å²) in [6, 6.07) is 21.8. The molecule has 16 heteroatoms. The van der Waals surface area contributed by atoms with E-state index in [1.54, 1.807) is 31.1 Å². The van der Waals surface area contributed by atoms with Crippen LogP contribution in [-0.2, 0) is 25.4 Å². The third-order valence-corrected chi connectivity index (χ3v) is 12.2. The quantitative estimate of drug-likeness (QED) is 0.0811. The average Bonchev–Trinajstić information content (AvgIpc) is 3.74. The summed E-state index contributed by atoms with van der Waals surface area (Å²) in [6.07, 6.45) is -0.514. The molecule has 4 heterocycles. The molecule has 0 saturated carbocycles. The molecule has 314 valence electrons. The number of fused-ring (bicyclic) bond motifs is 3. The number of hydrogen-bond donors (Lipinski definition) is 2. The topological polar surface area (TPSA) is 142 Å². The van der Waals surface area contributed by atoms with Crippen molar-refractivity contribution >= 4 is 85.5 Å². The fourth-order valence-corrected chi connectivity index (χ4v) is 9.08. The van der Waals surface area contributed by atoms with Gasteiger partial charge in [0.25, 0.3) is 5.91 Å². The van der Waals surface area contributed by atoms with Crippen LogP contribution in [0.5, 0.6) is 0 Å². The molecule has 3 aliphatic heterocycles. The van der Waals surface area contributed by atoms with E-state index in [4.69, 9.17) is 16.6 Å². The zero-order chi connectivity index (χ0) is 43.2. The van der Waals surface area contributed by atoms with Crippen LogP contribution in [0.3, 0.4) is 0 Å². The Morgan fingerprint density at radius 2 is 1.67 bits per heavy atom. The molecular formula is C45H42F3N7O5S. The smallest absolute Gasteiger partial charge is 0.417 e. The van der Waals surface area contributed by atoms with Crippen LogP contribution in [0.2, 0.25) is 0 Å². The summed E-state index contributed by atoms with van der Waals surface area (Å²) in [7, 11) is 0. The van der Waals surface area contributed by atoms with Crippen LogP contribution < -0.4 is 25.3 Å². The molecule has 3 fully saturated rings. The molecule has 1 aromatic heterocycles. The van der Waals surface area contributed by atoms with Gasteiger partial charge >= 0.3 is 6.18 Å². The maximum absolute atomic E-state index is 13.7. The van der Waals surface area contributed by atoms with Gasteiger partial charge in [-0.05, 0) is 123 Å². The van der Waals surface area contributed by atoms with Gasteiger partial charge in [0.05, 0.1) is 35.1 Å². The summed E-state index contributed by atoms with van der Waals surface area (Å²) in [6.45, 7) is 7.48. The van der Waals surface area contributed by atoms with Crippen molar-refractivity contribution in [3.8, 4) is 6.07 Å². The van der Waals surface area contributed by atoms with E-state index in [2.05, 4.69) is 20.4 Å². The van der Waals surface area contributed by atoms with Crippen LogP contribution in [0.4, 0.5) is 35.9 Å². The van der Waals surface area contributed by atoms with Crippen molar-refractivity contribution in [3.05, 3.63) is 95.7 Å². The molecule has 0 aliphatic carbocycles. The van der Waals surface area contributed by atoms with E-state index in [0.29, 0.717) is 29.8 Å². The van der Waals surface area contributed by atoms with Crippen molar-refractivity contribution in [2.75, 3.05) is 52.7 Å². The summed E-state index contributed by atoms with van der Waals surface area (Å²) in [5.74, 6) is -1.62. The molecule has 0 unspecified atom stereocenters. The number of carbonyl (C=O) groups excluding carboxylic acids is 4. The van der Waals surface area contributed by atoms with Gasteiger partial charge in [0.15, 0.2) is 5.11 Å². The van der Waals surface area contributed by atoms with Crippen LogP contribution >= 0.6 is 12.2 Å². The minimum Gasteiger partial charge on any atom is -0.464 e. The highest BCUT2D eigenvalue weighted by molar-refractivity contribution is 7.81. The fraction of sp³-hybridized carbons (Fsp3) is 0.333. The van der Waals surface area contributed by atoms with Gasteiger partial charge in [0.1, 0.15) is 11.1 Å². The van der Waals surface area contributed by atoms with Gasteiger partial charge in [-0.2, -0.15) is 18.4 Å². The molecule has 4 amide bonds. The maximum Gasteiger partial charge on any atom is 0.417 e. The number of nitrogens with one attached hydrogen (secondary N) is 2. The third-order valence-electron chi connectivity index (χ3n) is 11.8. The number of piperidine rings is 1. The fourth-order valence-electron chi connectivity index (χ4n) is 8.56. The maximum atomic E-state index is 13.7. The molecule has 4 aromatic carbocycles. The van der Waals surface area contributed by atoms with Crippen LogP contribution in [0.25, 0.3) is 21.7 Å². The summed E-state index contributed by atoms with van der Waals surface area (Å²) in [5.41, 5.74) is 0.790. The summed E-state index contributed by atoms with van der Waals surface area (Å²) in [5, 5.41) is 17.3. The van der Waals surface area contributed by atoms with Gasteiger partial charge in [0, 0.05) is 67.0 Å². The first-order valence-corrected chi connectivity index (χ1v) is 20.5. The van der Waals surface area contributed by atoms with E-state index in [1.165, 1.54) is 6.07 Å². The SMILES string of the molecule is CC1(C)C(=O)N(c2ccc(C#N)c(C(F)(F)F)c2)C(=S)N1c1ccc(N2CCN(CCCCC(=O)Nc3ccc4c(ccc5occ([C@@H]6CCC(=O)NC6=O)c54)c3)CC2)cc1. The van der Waals surface area contributed by atoms with E-state index in [9.17, 15) is 37.6 Å². The number of carbonyl (C=O) groups is 4. The zero-order valence-electron chi connectivity index (χ0n) is 33.5. The highest BCUT2D eigenvalue weighted by Gasteiger charge is 2.50. The summed E-state index contributed by atoms with van der Waals surface area (Å²) in [4.78, 5) is 58.2. The second kappa shape index (κ2) is 16.3. The number of anilines is 4. The van der Waals surface area contributed by atoms with Gasteiger partial charge in [-0.15, -0.1) is 0 Å². The molecule has 5 aromatic rings. The van der Waals surface area contributed by atoms with Crippen molar-refractivity contribution in [1.29, 1.82) is 5.26 Å². The first kappa shape index (κ1) is 41.4. The van der Waals surface area contributed by atoms with Crippen molar-refractivity contribution < 1.29 is 36.8 Å². The second-order valence-electron chi connectivity index (χ2n) is 16.1. The Bertz CT molecular complexity index is 2630. The molecule has 3 saturated heterocycles. The van der Waals surface area contributed by atoms with Gasteiger partial charge in [-0.3, -0.25) is 34.3 Å². The Hall–Kier alpha value is -6.31. The van der Waals surface area contributed by atoms with Crippen LogP contribution in [0, 0.1) is 11.3 Å². The Balaban J connectivity index is 0.813. The van der Waals surface area contributed by atoms with Gasteiger partial charge < -0.3 is 19.5 Å². The van der Waals surface area contributed by atoms with Crippen LogP contribution in [-0.4, -0.2) is 71.9 Å². The molecule has 3 aliphatic rings. The average molecular weight is 850 g/mol. The minimum atomic E-state index is -4.78. The van der Waals surface area contributed by atoms with E-state index in [0.717, 1.165) is 90.0 Å². The van der Waals surface area contributed by atoms with E-state index in [-0.39, 0.29) is 34.9 Å².